The zero-order valence-corrected chi connectivity index (χ0v) is 12.5. The summed E-state index contributed by atoms with van der Waals surface area (Å²) in [5, 5.41) is 17.4. The van der Waals surface area contributed by atoms with E-state index in [2.05, 4.69) is 19.9 Å². The van der Waals surface area contributed by atoms with Gasteiger partial charge in [-0.1, -0.05) is 0 Å². The van der Waals surface area contributed by atoms with Gasteiger partial charge in [-0.25, -0.2) is 4.98 Å². The molecule has 0 unspecified atom stereocenters. The summed E-state index contributed by atoms with van der Waals surface area (Å²) in [4.78, 5) is 4.41. The van der Waals surface area contributed by atoms with Crippen LogP contribution in [0.25, 0.3) is 22.2 Å². The fourth-order valence-corrected chi connectivity index (χ4v) is 2.79. The van der Waals surface area contributed by atoms with E-state index in [1.54, 1.807) is 18.2 Å². The van der Waals surface area contributed by atoms with Crippen molar-refractivity contribution in [3.05, 3.63) is 41.7 Å². The van der Waals surface area contributed by atoms with Crippen molar-refractivity contribution in [2.24, 2.45) is 0 Å². The highest BCUT2D eigenvalue weighted by Gasteiger charge is 2.29. The number of H-pyrrole nitrogens is 1. The molecule has 5 nitrogen and oxygen atoms in total. The summed E-state index contributed by atoms with van der Waals surface area (Å²) >= 11 is 0. The quantitative estimate of drug-likeness (QED) is 0.787. The third kappa shape index (κ3) is 2.56. The van der Waals surface area contributed by atoms with Crippen molar-refractivity contribution in [1.82, 2.24) is 15.2 Å². The van der Waals surface area contributed by atoms with Crippen LogP contribution in [0.1, 0.15) is 30.1 Å². The molecule has 1 aliphatic carbocycles. The van der Waals surface area contributed by atoms with E-state index in [4.69, 9.17) is 0 Å². The molecule has 0 aliphatic heterocycles. The van der Waals surface area contributed by atoms with E-state index < -0.39 is 6.61 Å². The lowest BCUT2D eigenvalue weighted by molar-refractivity contribution is -0.0498. The van der Waals surface area contributed by atoms with Crippen LogP contribution in [-0.4, -0.2) is 21.8 Å². The lowest BCUT2D eigenvalue weighted by Gasteiger charge is -2.08. The van der Waals surface area contributed by atoms with Gasteiger partial charge in [0.15, 0.2) is 0 Å². The molecular formula is C17H12F2N4O. The number of aromatic nitrogens is 3. The predicted molar refractivity (Wildman–Crippen MR) is 82.6 cm³/mol. The second-order valence-corrected chi connectivity index (χ2v) is 5.68. The molecule has 24 heavy (non-hydrogen) atoms. The number of pyridine rings is 1. The van der Waals surface area contributed by atoms with Crippen LogP contribution >= 0.6 is 0 Å². The molecule has 1 N–H and O–H groups in total. The Kier molecular flexibility index (Phi) is 3.38. The number of nitriles is 1. The molecular weight excluding hydrogens is 314 g/mol. The van der Waals surface area contributed by atoms with Crippen molar-refractivity contribution in [3.8, 4) is 23.1 Å². The Morgan fingerprint density at radius 2 is 2.00 bits per heavy atom. The van der Waals surface area contributed by atoms with Crippen molar-refractivity contribution in [2.75, 3.05) is 0 Å². The summed E-state index contributed by atoms with van der Waals surface area (Å²) < 4.78 is 28.9. The number of ether oxygens (including phenoxy) is 1. The molecule has 0 spiro atoms. The van der Waals surface area contributed by atoms with E-state index in [-0.39, 0.29) is 11.4 Å². The molecule has 4 rings (SSSR count). The SMILES string of the molecule is N#Cc1cc2n[nH]c(C3CC3)c2c(-c2ccc(OC(F)F)cc2)n1. The van der Waals surface area contributed by atoms with Gasteiger partial charge >= 0.3 is 6.61 Å². The van der Waals surface area contributed by atoms with E-state index in [0.29, 0.717) is 17.1 Å². The molecule has 0 amide bonds. The maximum Gasteiger partial charge on any atom is 0.387 e. The number of nitrogens with zero attached hydrogens (tertiary/aromatic N) is 3. The van der Waals surface area contributed by atoms with Crippen molar-refractivity contribution < 1.29 is 13.5 Å². The summed E-state index contributed by atoms with van der Waals surface area (Å²) in [6.45, 7) is -2.86. The van der Waals surface area contributed by atoms with Crippen LogP contribution in [0, 0.1) is 11.3 Å². The zero-order chi connectivity index (χ0) is 16.7. The molecule has 0 atom stereocenters. The first-order chi connectivity index (χ1) is 11.7. The molecule has 1 saturated carbocycles. The molecule has 0 radical (unpaired) electrons. The van der Waals surface area contributed by atoms with E-state index in [9.17, 15) is 14.0 Å². The highest BCUT2D eigenvalue weighted by Crippen LogP contribution is 2.44. The second-order valence-electron chi connectivity index (χ2n) is 5.68. The fourth-order valence-electron chi connectivity index (χ4n) is 2.79. The van der Waals surface area contributed by atoms with Gasteiger partial charge in [-0.3, -0.25) is 5.10 Å². The van der Waals surface area contributed by atoms with Crippen LogP contribution in [-0.2, 0) is 0 Å². The van der Waals surface area contributed by atoms with Gasteiger partial charge in [0, 0.05) is 28.6 Å². The number of nitrogens with one attached hydrogen (secondary N) is 1. The minimum atomic E-state index is -2.86. The van der Waals surface area contributed by atoms with E-state index >= 15 is 0 Å². The topological polar surface area (TPSA) is 74.6 Å². The summed E-state index contributed by atoms with van der Waals surface area (Å²) in [6.07, 6.45) is 2.19. The highest BCUT2D eigenvalue weighted by molar-refractivity contribution is 5.95. The summed E-state index contributed by atoms with van der Waals surface area (Å²) in [5.41, 5.74) is 3.32. The normalized spacial score (nSPS) is 14.1. The maximum absolute atomic E-state index is 12.3. The van der Waals surface area contributed by atoms with Crippen LogP contribution < -0.4 is 4.74 Å². The molecule has 2 heterocycles. The lowest BCUT2D eigenvalue weighted by atomic mass is 10.0. The first kappa shape index (κ1) is 14.6. The van der Waals surface area contributed by atoms with Crippen LogP contribution in [0.3, 0.4) is 0 Å². The Morgan fingerprint density at radius 3 is 2.62 bits per heavy atom. The number of benzene rings is 1. The molecule has 1 fully saturated rings. The Morgan fingerprint density at radius 1 is 1.25 bits per heavy atom. The largest absolute Gasteiger partial charge is 0.435 e. The van der Waals surface area contributed by atoms with E-state index in [0.717, 1.165) is 29.5 Å². The number of halogens is 2. The van der Waals surface area contributed by atoms with Gasteiger partial charge in [0.05, 0.1) is 11.2 Å². The first-order valence-electron chi connectivity index (χ1n) is 7.50. The molecule has 1 aromatic carbocycles. The maximum atomic E-state index is 12.3. The minimum absolute atomic E-state index is 0.0797. The zero-order valence-electron chi connectivity index (χ0n) is 12.5. The lowest BCUT2D eigenvalue weighted by Crippen LogP contribution is -2.01. The molecule has 0 saturated heterocycles. The number of fused-ring (bicyclic) bond motifs is 1. The Bertz CT molecular complexity index is 940. The van der Waals surface area contributed by atoms with Crippen LogP contribution in [0.2, 0.25) is 0 Å². The third-order valence-corrected chi connectivity index (χ3v) is 4.02. The number of hydrogen-bond donors (Lipinski definition) is 1. The van der Waals surface area contributed by atoms with E-state index in [1.807, 2.05) is 6.07 Å². The van der Waals surface area contributed by atoms with Crippen LogP contribution in [0.5, 0.6) is 5.75 Å². The van der Waals surface area contributed by atoms with Gasteiger partial charge < -0.3 is 4.74 Å². The number of hydrogen-bond acceptors (Lipinski definition) is 4. The Labute approximate surface area is 135 Å². The minimum Gasteiger partial charge on any atom is -0.435 e. The number of alkyl halides is 2. The summed E-state index contributed by atoms with van der Waals surface area (Å²) in [5.74, 6) is 0.515. The van der Waals surface area contributed by atoms with Gasteiger partial charge in [0.2, 0.25) is 0 Å². The monoisotopic (exact) mass is 326 g/mol. The van der Waals surface area contributed by atoms with Gasteiger partial charge in [-0.2, -0.15) is 19.1 Å². The number of aromatic amines is 1. The van der Waals surface area contributed by atoms with E-state index in [1.165, 1.54) is 12.1 Å². The summed E-state index contributed by atoms with van der Waals surface area (Å²) in [7, 11) is 0. The molecule has 7 heteroatoms. The fraction of sp³-hybridized carbons (Fsp3) is 0.235. The van der Waals surface area contributed by atoms with Crippen molar-refractivity contribution in [2.45, 2.75) is 25.4 Å². The van der Waals surface area contributed by atoms with Gasteiger partial charge in [0.25, 0.3) is 0 Å². The molecule has 120 valence electrons. The standard InChI is InChI=1S/C17H12F2N4O/c18-17(19)24-12-5-3-9(4-6-12)15-14-13(7-11(8-20)21-15)22-23-16(14)10-1-2-10/h3-7,10,17H,1-2H2,(H,22,23). The molecule has 0 bridgehead atoms. The van der Waals surface area contributed by atoms with Crippen molar-refractivity contribution in [1.29, 1.82) is 5.26 Å². The third-order valence-electron chi connectivity index (χ3n) is 4.02. The van der Waals surface area contributed by atoms with Gasteiger partial charge in [0.1, 0.15) is 17.5 Å². The first-order valence-corrected chi connectivity index (χ1v) is 7.50. The van der Waals surface area contributed by atoms with Crippen molar-refractivity contribution in [3.63, 3.8) is 0 Å². The molecule has 3 aromatic rings. The van der Waals surface area contributed by atoms with Crippen molar-refractivity contribution >= 4 is 10.9 Å². The second kappa shape index (κ2) is 5.57. The smallest absolute Gasteiger partial charge is 0.387 e. The van der Waals surface area contributed by atoms with Gasteiger partial charge in [-0.05, 0) is 37.1 Å². The molecule has 1 aliphatic rings. The average Bonchev–Trinajstić information content (AvgIpc) is 3.33. The molecule has 2 aromatic heterocycles. The van der Waals surface area contributed by atoms with Crippen LogP contribution in [0.15, 0.2) is 30.3 Å². The average molecular weight is 326 g/mol. The Balaban J connectivity index is 1.85. The van der Waals surface area contributed by atoms with Crippen LogP contribution in [0.4, 0.5) is 8.78 Å². The Hall–Kier alpha value is -3.01. The predicted octanol–water partition coefficient (Wildman–Crippen LogP) is 3.98. The summed E-state index contributed by atoms with van der Waals surface area (Å²) in [6, 6.07) is 9.92. The van der Waals surface area contributed by atoms with Gasteiger partial charge in [-0.15, -0.1) is 0 Å². The highest BCUT2D eigenvalue weighted by atomic mass is 19.3. The number of rotatable bonds is 4.